The Morgan fingerprint density at radius 3 is 2.18 bits per heavy atom. The van der Waals surface area contributed by atoms with Gasteiger partial charge in [0.05, 0.1) is 5.75 Å². The van der Waals surface area contributed by atoms with Gasteiger partial charge < -0.3 is 0 Å². The van der Waals surface area contributed by atoms with Crippen LogP contribution in [0.25, 0.3) is 0 Å². The van der Waals surface area contributed by atoms with Crippen molar-refractivity contribution in [3.63, 3.8) is 0 Å². The largest absolute Gasteiger partial charge is 0.215 e. The molecule has 0 aliphatic heterocycles. The minimum atomic E-state index is -3.50. The summed E-state index contributed by atoms with van der Waals surface area (Å²) in [7, 11) is -3.50. The molecule has 2 rings (SSSR count). The van der Waals surface area contributed by atoms with Gasteiger partial charge in [-0.1, -0.05) is 66.5 Å². The molecule has 0 bridgehead atoms. The number of halogens is 2. The van der Waals surface area contributed by atoms with Gasteiger partial charge in [0.25, 0.3) is 0 Å². The first kappa shape index (κ1) is 17.3. The van der Waals surface area contributed by atoms with Crippen molar-refractivity contribution >= 4 is 33.2 Å². The highest BCUT2D eigenvalue weighted by Crippen LogP contribution is 2.26. The fourth-order valence-corrected chi connectivity index (χ4v) is 4.05. The third-order valence-electron chi connectivity index (χ3n) is 3.37. The lowest BCUT2D eigenvalue weighted by molar-refractivity contribution is 0.574. The van der Waals surface area contributed by atoms with Crippen molar-refractivity contribution in [2.75, 3.05) is 6.54 Å². The van der Waals surface area contributed by atoms with Crippen LogP contribution in [0.2, 0.25) is 10.0 Å². The summed E-state index contributed by atoms with van der Waals surface area (Å²) in [4.78, 5) is 0. The van der Waals surface area contributed by atoms with Gasteiger partial charge in [0.1, 0.15) is 0 Å². The molecule has 6 heteroatoms. The highest BCUT2D eigenvalue weighted by molar-refractivity contribution is 7.88. The third-order valence-corrected chi connectivity index (χ3v) is 5.36. The summed E-state index contributed by atoms with van der Waals surface area (Å²) in [5.74, 6) is -0.148. The molecule has 2 aromatic rings. The van der Waals surface area contributed by atoms with Crippen LogP contribution in [-0.2, 0) is 15.8 Å². The molecule has 1 atom stereocenters. The maximum atomic E-state index is 12.2. The number of rotatable bonds is 6. The second-order valence-electron chi connectivity index (χ2n) is 5.12. The van der Waals surface area contributed by atoms with E-state index in [9.17, 15) is 8.42 Å². The Labute approximate surface area is 141 Å². The summed E-state index contributed by atoms with van der Waals surface area (Å²) in [6.45, 7) is 2.30. The second kappa shape index (κ2) is 7.47. The zero-order valence-electron chi connectivity index (χ0n) is 12.1. The molecule has 22 heavy (non-hydrogen) atoms. The molecule has 0 fully saturated rings. The molecule has 0 saturated heterocycles. The summed E-state index contributed by atoms with van der Waals surface area (Å²) >= 11 is 12.0. The summed E-state index contributed by atoms with van der Waals surface area (Å²) < 4.78 is 27.0. The first-order valence-corrected chi connectivity index (χ1v) is 9.25. The summed E-state index contributed by atoms with van der Waals surface area (Å²) in [6.07, 6.45) is 0. The lowest BCUT2D eigenvalue weighted by Crippen LogP contribution is -2.29. The Hall–Kier alpha value is -1.07. The first-order valence-electron chi connectivity index (χ1n) is 6.84. The fourth-order valence-electron chi connectivity index (χ4n) is 2.06. The molecule has 2 aromatic carbocycles. The molecule has 3 nitrogen and oxygen atoms in total. The molecule has 118 valence electrons. The molecule has 0 aliphatic rings. The van der Waals surface area contributed by atoms with Crippen LogP contribution in [0.4, 0.5) is 0 Å². The van der Waals surface area contributed by atoms with Crippen molar-refractivity contribution in [2.24, 2.45) is 0 Å². The fraction of sp³-hybridized carbons (Fsp3) is 0.250. The van der Waals surface area contributed by atoms with Crippen LogP contribution < -0.4 is 4.72 Å². The second-order valence-corrected chi connectivity index (χ2v) is 7.74. The van der Waals surface area contributed by atoms with Gasteiger partial charge in [-0.15, -0.1) is 0 Å². The average molecular weight is 358 g/mol. The molecule has 0 spiro atoms. The van der Waals surface area contributed by atoms with E-state index in [1.807, 2.05) is 37.3 Å². The Kier molecular flexibility index (Phi) is 5.87. The molecule has 0 unspecified atom stereocenters. The van der Waals surface area contributed by atoms with E-state index in [1.165, 1.54) is 0 Å². The SMILES string of the molecule is C[C@H](CNS(=O)(=O)Cc1c(Cl)cccc1Cl)c1ccccc1. The highest BCUT2D eigenvalue weighted by atomic mass is 35.5. The third kappa shape index (κ3) is 4.71. The molecule has 0 heterocycles. The van der Waals surface area contributed by atoms with Gasteiger partial charge in [-0.05, 0) is 23.6 Å². The average Bonchev–Trinajstić information content (AvgIpc) is 2.50. The van der Waals surface area contributed by atoms with E-state index < -0.39 is 10.0 Å². The zero-order chi connectivity index (χ0) is 16.2. The maximum Gasteiger partial charge on any atom is 0.215 e. The highest BCUT2D eigenvalue weighted by Gasteiger charge is 2.17. The van der Waals surface area contributed by atoms with Gasteiger partial charge in [-0.25, -0.2) is 13.1 Å². The standard InChI is InChI=1S/C16H17Cl2NO2S/c1-12(13-6-3-2-4-7-13)10-19-22(20,21)11-14-15(17)8-5-9-16(14)18/h2-9,12,19H,10-11H2,1H3/t12-/m1/s1. The lowest BCUT2D eigenvalue weighted by atomic mass is 10.0. The summed E-state index contributed by atoms with van der Waals surface area (Å²) in [6, 6.07) is 14.7. The smallest absolute Gasteiger partial charge is 0.214 e. The molecule has 0 amide bonds. The van der Waals surface area contributed by atoms with Crippen LogP contribution in [0.15, 0.2) is 48.5 Å². The topological polar surface area (TPSA) is 46.2 Å². The lowest BCUT2D eigenvalue weighted by Gasteiger charge is -2.14. The molecule has 0 aliphatic carbocycles. The van der Waals surface area contributed by atoms with Crippen molar-refractivity contribution in [2.45, 2.75) is 18.6 Å². The minimum absolute atomic E-state index is 0.0812. The number of hydrogen-bond donors (Lipinski definition) is 1. The van der Waals surface area contributed by atoms with Gasteiger partial charge >= 0.3 is 0 Å². The Morgan fingerprint density at radius 2 is 1.59 bits per heavy atom. The molecular weight excluding hydrogens is 341 g/mol. The molecular formula is C16H17Cl2NO2S. The van der Waals surface area contributed by atoms with E-state index >= 15 is 0 Å². The molecule has 1 N–H and O–H groups in total. The normalized spacial score (nSPS) is 13.0. The summed E-state index contributed by atoms with van der Waals surface area (Å²) in [5, 5.41) is 0.711. The van der Waals surface area contributed by atoms with Crippen LogP contribution in [0, 0.1) is 0 Å². The molecule has 0 radical (unpaired) electrons. The quantitative estimate of drug-likeness (QED) is 0.841. The van der Waals surface area contributed by atoms with Crippen LogP contribution in [0.1, 0.15) is 24.0 Å². The Balaban J connectivity index is 2.03. The number of hydrogen-bond acceptors (Lipinski definition) is 2. The van der Waals surface area contributed by atoms with Gasteiger partial charge in [0, 0.05) is 22.2 Å². The number of nitrogens with one attached hydrogen (secondary N) is 1. The predicted molar refractivity (Wildman–Crippen MR) is 91.9 cm³/mol. The van der Waals surface area contributed by atoms with E-state index in [0.717, 1.165) is 5.56 Å². The van der Waals surface area contributed by atoms with Crippen LogP contribution in [0.3, 0.4) is 0 Å². The van der Waals surface area contributed by atoms with E-state index in [4.69, 9.17) is 23.2 Å². The molecule has 0 aromatic heterocycles. The Morgan fingerprint density at radius 1 is 1.00 bits per heavy atom. The van der Waals surface area contributed by atoms with Gasteiger partial charge in [-0.3, -0.25) is 0 Å². The van der Waals surface area contributed by atoms with Crippen molar-refractivity contribution in [1.82, 2.24) is 4.72 Å². The van der Waals surface area contributed by atoms with Crippen molar-refractivity contribution in [3.8, 4) is 0 Å². The van der Waals surface area contributed by atoms with E-state index in [1.54, 1.807) is 18.2 Å². The molecule has 0 saturated carbocycles. The van der Waals surface area contributed by atoms with Gasteiger partial charge in [0.15, 0.2) is 0 Å². The van der Waals surface area contributed by atoms with Crippen LogP contribution in [0.5, 0.6) is 0 Å². The van der Waals surface area contributed by atoms with Crippen molar-refractivity contribution in [3.05, 3.63) is 69.7 Å². The van der Waals surface area contributed by atoms with Gasteiger partial charge in [-0.2, -0.15) is 0 Å². The number of sulfonamides is 1. The van der Waals surface area contributed by atoms with Crippen LogP contribution in [-0.4, -0.2) is 15.0 Å². The summed E-state index contributed by atoms with van der Waals surface area (Å²) in [5.41, 5.74) is 1.51. The van der Waals surface area contributed by atoms with Crippen LogP contribution >= 0.6 is 23.2 Å². The Bertz CT molecular complexity index is 713. The number of benzene rings is 2. The minimum Gasteiger partial charge on any atom is -0.214 e. The van der Waals surface area contributed by atoms with E-state index in [0.29, 0.717) is 22.2 Å². The monoisotopic (exact) mass is 357 g/mol. The van der Waals surface area contributed by atoms with E-state index in [2.05, 4.69) is 4.72 Å². The zero-order valence-corrected chi connectivity index (χ0v) is 14.4. The first-order chi connectivity index (χ1) is 10.4. The van der Waals surface area contributed by atoms with E-state index in [-0.39, 0.29) is 11.7 Å². The maximum absolute atomic E-state index is 12.2. The predicted octanol–water partition coefficient (Wildman–Crippen LogP) is 4.22. The van der Waals surface area contributed by atoms with Gasteiger partial charge in [0.2, 0.25) is 10.0 Å². The van der Waals surface area contributed by atoms with Crippen molar-refractivity contribution < 1.29 is 8.42 Å². The van der Waals surface area contributed by atoms with Crippen molar-refractivity contribution in [1.29, 1.82) is 0 Å².